The zero-order chi connectivity index (χ0) is 14.6. The van der Waals surface area contributed by atoms with E-state index in [1.165, 1.54) is 7.05 Å². The van der Waals surface area contributed by atoms with Crippen LogP contribution in [0.4, 0.5) is 24.5 Å². The average Bonchev–Trinajstić information content (AvgIpc) is 2.34. The van der Waals surface area contributed by atoms with E-state index in [-0.39, 0.29) is 10.8 Å². The minimum atomic E-state index is -4.64. The Morgan fingerprint density at radius 2 is 2.05 bits per heavy atom. The van der Waals surface area contributed by atoms with Crippen molar-refractivity contribution in [3.05, 3.63) is 33.9 Å². The van der Waals surface area contributed by atoms with Gasteiger partial charge < -0.3 is 5.32 Å². The first-order valence-corrected chi connectivity index (χ1v) is 5.26. The summed E-state index contributed by atoms with van der Waals surface area (Å²) in [6.07, 6.45) is -4.64. The number of nitro benzene ring substituents is 1. The molecule has 0 saturated carbocycles. The van der Waals surface area contributed by atoms with E-state index in [9.17, 15) is 23.3 Å². The molecule has 1 aromatic carbocycles. The third-order valence-corrected chi connectivity index (χ3v) is 2.37. The molecule has 1 rings (SSSR count). The third-order valence-electron chi connectivity index (χ3n) is 2.06. The van der Waals surface area contributed by atoms with Crippen molar-refractivity contribution >= 4 is 28.7 Å². The molecule has 0 aromatic heterocycles. The molecule has 0 aliphatic rings. The Balaban J connectivity index is 3.05. The molecule has 0 fully saturated rings. The molecule has 19 heavy (non-hydrogen) atoms. The number of hydrogen-bond acceptors (Lipinski definition) is 4. The van der Waals surface area contributed by atoms with Crippen LogP contribution in [0.15, 0.2) is 18.2 Å². The average molecular weight is 294 g/mol. The van der Waals surface area contributed by atoms with Crippen molar-refractivity contribution in [3.63, 3.8) is 0 Å². The molecule has 0 saturated heterocycles. The molecule has 0 aliphatic carbocycles. The summed E-state index contributed by atoms with van der Waals surface area (Å²) >= 11 is 4.71. The Morgan fingerprint density at radius 3 is 2.53 bits per heavy atom. The first-order valence-electron chi connectivity index (χ1n) is 4.85. The van der Waals surface area contributed by atoms with Crippen molar-refractivity contribution in [3.8, 4) is 0 Å². The van der Waals surface area contributed by atoms with Crippen LogP contribution < -0.4 is 16.2 Å². The van der Waals surface area contributed by atoms with Gasteiger partial charge in [-0.05, 0) is 24.4 Å². The predicted molar refractivity (Wildman–Crippen MR) is 66.5 cm³/mol. The molecule has 0 unspecified atom stereocenters. The molecule has 6 nitrogen and oxygen atoms in total. The zero-order valence-electron chi connectivity index (χ0n) is 9.54. The van der Waals surface area contributed by atoms with Crippen molar-refractivity contribution < 1.29 is 18.1 Å². The number of thiocarbonyl (C=S) groups is 1. The van der Waals surface area contributed by atoms with Gasteiger partial charge in [0.1, 0.15) is 5.69 Å². The lowest BCUT2D eigenvalue weighted by molar-refractivity contribution is -0.384. The highest BCUT2D eigenvalue weighted by Crippen LogP contribution is 2.34. The van der Waals surface area contributed by atoms with Gasteiger partial charge in [0.15, 0.2) is 5.11 Å². The van der Waals surface area contributed by atoms with Crippen LogP contribution in [0, 0.1) is 10.1 Å². The van der Waals surface area contributed by atoms with Gasteiger partial charge in [0.2, 0.25) is 0 Å². The summed E-state index contributed by atoms with van der Waals surface area (Å²) < 4.78 is 37.3. The number of rotatable bonds is 3. The molecule has 3 N–H and O–H groups in total. The van der Waals surface area contributed by atoms with Crippen molar-refractivity contribution in [2.75, 3.05) is 12.5 Å². The molecular weight excluding hydrogens is 285 g/mol. The first-order chi connectivity index (χ1) is 8.75. The van der Waals surface area contributed by atoms with Gasteiger partial charge in [-0.15, -0.1) is 0 Å². The van der Waals surface area contributed by atoms with Crippen LogP contribution >= 0.6 is 12.2 Å². The van der Waals surface area contributed by atoms with E-state index in [1.807, 2.05) is 0 Å². The summed E-state index contributed by atoms with van der Waals surface area (Å²) in [5.41, 5.74) is 2.82. The number of nitro groups is 1. The SMILES string of the molecule is CNC(=S)NNc1ccc(C(F)(F)F)cc1[N+](=O)[O-]. The van der Waals surface area contributed by atoms with E-state index < -0.39 is 22.4 Å². The molecule has 0 spiro atoms. The lowest BCUT2D eigenvalue weighted by Crippen LogP contribution is -2.36. The quantitative estimate of drug-likeness (QED) is 0.450. The van der Waals surface area contributed by atoms with Crippen molar-refractivity contribution in [2.24, 2.45) is 0 Å². The Bertz CT molecular complexity index is 507. The molecular formula is C9H9F3N4O2S. The van der Waals surface area contributed by atoms with E-state index in [0.717, 1.165) is 12.1 Å². The van der Waals surface area contributed by atoms with Gasteiger partial charge in [0.25, 0.3) is 5.69 Å². The van der Waals surface area contributed by atoms with Crippen LogP contribution in [0.2, 0.25) is 0 Å². The maximum Gasteiger partial charge on any atom is 0.416 e. The summed E-state index contributed by atoms with van der Waals surface area (Å²) in [6, 6.07) is 2.14. The Kier molecular flexibility index (Phi) is 4.48. The highest BCUT2D eigenvalue weighted by atomic mass is 32.1. The normalized spacial score (nSPS) is 10.7. The molecule has 0 aliphatic heterocycles. The largest absolute Gasteiger partial charge is 0.416 e. The monoisotopic (exact) mass is 294 g/mol. The predicted octanol–water partition coefficient (Wildman–Crippen LogP) is 2.03. The number of alkyl halides is 3. The third kappa shape index (κ3) is 3.95. The second-order valence-corrected chi connectivity index (χ2v) is 3.72. The minimum absolute atomic E-state index is 0.129. The lowest BCUT2D eigenvalue weighted by Gasteiger charge is -2.12. The van der Waals surface area contributed by atoms with Gasteiger partial charge >= 0.3 is 6.18 Å². The van der Waals surface area contributed by atoms with E-state index in [0.29, 0.717) is 6.07 Å². The van der Waals surface area contributed by atoms with Gasteiger partial charge in [-0.2, -0.15) is 13.2 Å². The fraction of sp³-hybridized carbons (Fsp3) is 0.222. The molecule has 10 heteroatoms. The summed E-state index contributed by atoms with van der Waals surface area (Å²) in [5.74, 6) is 0. The molecule has 0 radical (unpaired) electrons. The first kappa shape index (κ1) is 15.0. The highest BCUT2D eigenvalue weighted by molar-refractivity contribution is 7.80. The Hall–Kier alpha value is -2.10. The van der Waals surface area contributed by atoms with E-state index >= 15 is 0 Å². The molecule has 0 amide bonds. The molecule has 1 aromatic rings. The second kappa shape index (κ2) is 5.69. The smallest absolute Gasteiger partial charge is 0.364 e. The maximum atomic E-state index is 12.4. The van der Waals surface area contributed by atoms with Gasteiger partial charge in [0, 0.05) is 13.1 Å². The van der Waals surface area contributed by atoms with Crippen molar-refractivity contribution in [2.45, 2.75) is 6.18 Å². The Morgan fingerprint density at radius 1 is 1.42 bits per heavy atom. The molecule has 0 bridgehead atoms. The van der Waals surface area contributed by atoms with Crippen LogP contribution in [-0.4, -0.2) is 17.1 Å². The number of halogens is 3. The number of benzene rings is 1. The number of hydrogen-bond donors (Lipinski definition) is 3. The van der Waals surface area contributed by atoms with Crippen LogP contribution in [0.3, 0.4) is 0 Å². The maximum absolute atomic E-state index is 12.4. The summed E-state index contributed by atoms with van der Waals surface area (Å²) in [7, 11) is 1.51. The fourth-order valence-electron chi connectivity index (χ4n) is 1.15. The topological polar surface area (TPSA) is 79.2 Å². The van der Waals surface area contributed by atoms with E-state index in [2.05, 4.69) is 16.2 Å². The van der Waals surface area contributed by atoms with Gasteiger partial charge in [0.05, 0.1) is 10.5 Å². The van der Waals surface area contributed by atoms with Crippen molar-refractivity contribution in [1.82, 2.24) is 10.7 Å². The Labute approximate surface area is 111 Å². The number of nitrogens with one attached hydrogen (secondary N) is 3. The van der Waals surface area contributed by atoms with Crippen LogP contribution in [-0.2, 0) is 6.18 Å². The summed E-state index contributed by atoms with van der Waals surface area (Å²) in [4.78, 5) is 9.82. The summed E-state index contributed by atoms with van der Waals surface area (Å²) in [5, 5.41) is 13.4. The van der Waals surface area contributed by atoms with Crippen LogP contribution in [0.5, 0.6) is 0 Å². The second-order valence-electron chi connectivity index (χ2n) is 3.32. The van der Waals surface area contributed by atoms with Crippen molar-refractivity contribution in [1.29, 1.82) is 0 Å². The zero-order valence-corrected chi connectivity index (χ0v) is 10.4. The van der Waals surface area contributed by atoms with Gasteiger partial charge in [-0.25, -0.2) is 0 Å². The number of anilines is 1. The fourth-order valence-corrected chi connectivity index (χ4v) is 1.20. The number of hydrazine groups is 1. The number of nitrogens with zero attached hydrogens (tertiary/aromatic N) is 1. The van der Waals surface area contributed by atoms with E-state index in [1.54, 1.807) is 0 Å². The highest BCUT2D eigenvalue weighted by Gasteiger charge is 2.33. The molecule has 0 heterocycles. The van der Waals surface area contributed by atoms with Gasteiger partial charge in [-0.1, -0.05) is 0 Å². The van der Waals surface area contributed by atoms with Crippen LogP contribution in [0.1, 0.15) is 5.56 Å². The standard InChI is InChI=1S/C9H9F3N4O2S/c1-13-8(19)15-14-6-3-2-5(9(10,11)12)4-7(6)16(17)18/h2-4,14H,1H3,(H2,13,15,19). The molecule has 0 atom stereocenters. The van der Waals surface area contributed by atoms with Gasteiger partial charge in [-0.3, -0.25) is 21.0 Å². The van der Waals surface area contributed by atoms with Crippen LogP contribution in [0.25, 0.3) is 0 Å². The van der Waals surface area contributed by atoms with E-state index in [4.69, 9.17) is 12.2 Å². The summed E-state index contributed by atoms with van der Waals surface area (Å²) in [6.45, 7) is 0. The molecule has 104 valence electrons. The lowest BCUT2D eigenvalue weighted by atomic mass is 10.1. The minimum Gasteiger partial charge on any atom is -0.364 e.